The zero-order valence-electron chi connectivity index (χ0n) is 16.3. The molecule has 5 nitrogen and oxygen atoms in total. The molecule has 1 aromatic carbocycles. The maximum absolute atomic E-state index is 13.4. The molecule has 1 saturated heterocycles. The number of anilines is 1. The van der Waals surface area contributed by atoms with Crippen LogP contribution in [0.5, 0.6) is 0 Å². The van der Waals surface area contributed by atoms with Gasteiger partial charge in [-0.25, -0.2) is 0 Å². The number of hydrogen-bond acceptors (Lipinski definition) is 3. The second-order valence-electron chi connectivity index (χ2n) is 8.61. The van der Waals surface area contributed by atoms with E-state index >= 15 is 0 Å². The number of halogens is 3. The Balaban J connectivity index is 1.49. The van der Waals surface area contributed by atoms with Crippen LogP contribution in [0.2, 0.25) is 0 Å². The summed E-state index contributed by atoms with van der Waals surface area (Å²) in [6, 6.07) is 6.27. The summed E-state index contributed by atoms with van der Waals surface area (Å²) in [6.07, 6.45) is 0.280. The minimum atomic E-state index is -5.12. The normalized spacial score (nSPS) is 33.5. The fourth-order valence-corrected chi connectivity index (χ4v) is 5.78. The summed E-state index contributed by atoms with van der Waals surface area (Å²) in [5.41, 5.74) is 0.608. The van der Waals surface area contributed by atoms with Gasteiger partial charge < -0.3 is 0 Å². The molecule has 2 bridgehead atoms. The van der Waals surface area contributed by atoms with Crippen molar-refractivity contribution in [2.45, 2.75) is 25.9 Å². The zero-order valence-corrected chi connectivity index (χ0v) is 16.3. The van der Waals surface area contributed by atoms with Gasteiger partial charge in [0.05, 0.1) is 11.8 Å². The summed E-state index contributed by atoms with van der Waals surface area (Å²) in [7, 11) is 0. The predicted molar refractivity (Wildman–Crippen MR) is 101 cm³/mol. The van der Waals surface area contributed by atoms with E-state index in [2.05, 4.69) is 0 Å². The van der Waals surface area contributed by atoms with Crippen LogP contribution in [0.3, 0.4) is 0 Å². The number of imide groups is 1. The van der Waals surface area contributed by atoms with Gasteiger partial charge in [-0.05, 0) is 48.1 Å². The Kier molecular flexibility index (Phi) is 4.14. The number of amides is 3. The summed E-state index contributed by atoms with van der Waals surface area (Å²) in [6.45, 7) is 1.06. The Labute approximate surface area is 171 Å². The van der Waals surface area contributed by atoms with Gasteiger partial charge in [0.1, 0.15) is 6.67 Å². The number of alkyl halides is 3. The van der Waals surface area contributed by atoms with Gasteiger partial charge in [0, 0.05) is 5.69 Å². The lowest BCUT2D eigenvalue weighted by molar-refractivity contribution is -0.171. The highest BCUT2D eigenvalue weighted by molar-refractivity contribution is 6.07. The number of nitrogens with zero attached hydrogens (tertiary/aromatic N) is 2. The Morgan fingerprint density at radius 3 is 2.17 bits per heavy atom. The average molecular weight is 418 g/mol. The summed E-state index contributed by atoms with van der Waals surface area (Å²) in [4.78, 5) is 40.0. The molecule has 0 N–H and O–H groups in total. The number of para-hydroxylation sites is 1. The van der Waals surface area contributed by atoms with Crippen LogP contribution in [0.15, 0.2) is 36.4 Å². The summed E-state index contributed by atoms with van der Waals surface area (Å²) < 4.78 is 40.2. The number of benzene rings is 1. The molecule has 5 aliphatic rings. The van der Waals surface area contributed by atoms with E-state index in [-0.39, 0.29) is 17.5 Å². The molecule has 6 rings (SSSR count). The number of allylic oxidation sites excluding steroid dienone is 2. The summed E-state index contributed by atoms with van der Waals surface area (Å²) in [5.74, 6) is -3.28. The van der Waals surface area contributed by atoms with E-state index < -0.39 is 42.4 Å². The van der Waals surface area contributed by atoms with Gasteiger partial charge in [-0.1, -0.05) is 37.3 Å². The van der Waals surface area contributed by atoms with Crippen molar-refractivity contribution in [2.24, 2.45) is 35.5 Å². The van der Waals surface area contributed by atoms with Gasteiger partial charge in [0.15, 0.2) is 0 Å². The molecule has 1 aliphatic heterocycles. The largest absolute Gasteiger partial charge is 0.471 e. The lowest BCUT2D eigenvalue weighted by Gasteiger charge is -2.37. The first kappa shape index (κ1) is 19.3. The van der Waals surface area contributed by atoms with Crippen molar-refractivity contribution in [3.63, 3.8) is 0 Å². The Morgan fingerprint density at radius 1 is 1.07 bits per heavy atom. The number of hydrogen-bond donors (Lipinski definition) is 0. The fraction of sp³-hybridized carbons (Fsp3) is 0.500. The molecule has 0 unspecified atom stereocenters. The Bertz CT molecular complexity index is 937. The first-order valence-electron chi connectivity index (χ1n) is 10.2. The van der Waals surface area contributed by atoms with E-state index in [0.717, 1.165) is 11.3 Å². The van der Waals surface area contributed by atoms with Crippen LogP contribution < -0.4 is 4.90 Å². The summed E-state index contributed by atoms with van der Waals surface area (Å²) in [5, 5.41) is 0. The predicted octanol–water partition coefficient (Wildman–Crippen LogP) is 3.15. The molecule has 30 heavy (non-hydrogen) atoms. The average Bonchev–Trinajstić information content (AvgIpc) is 3.51. The molecule has 4 aliphatic carbocycles. The van der Waals surface area contributed by atoms with Crippen LogP contribution in [0.4, 0.5) is 18.9 Å². The topological polar surface area (TPSA) is 57.7 Å². The van der Waals surface area contributed by atoms with E-state index in [1.165, 1.54) is 12.1 Å². The van der Waals surface area contributed by atoms with Gasteiger partial charge in [0.2, 0.25) is 11.8 Å². The highest BCUT2D eigenvalue weighted by Gasteiger charge is 2.67. The molecule has 1 heterocycles. The molecule has 3 fully saturated rings. The van der Waals surface area contributed by atoms with Crippen molar-refractivity contribution in [1.82, 2.24) is 4.90 Å². The molecule has 0 radical (unpaired) electrons. The lowest BCUT2D eigenvalue weighted by atomic mass is 9.63. The minimum Gasteiger partial charge on any atom is -0.286 e. The molecule has 0 spiro atoms. The van der Waals surface area contributed by atoms with E-state index in [1.54, 1.807) is 19.1 Å². The third-order valence-corrected chi connectivity index (χ3v) is 7.19. The number of carbonyl (C=O) groups is 3. The minimum absolute atomic E-state index is 0.0267. The van der Waals surface area contributed by atoms with Gasteiger partial charge in [-0.3, -0.25) is 24.2 Å². The highest BCUT2D eigenvalue weighted by atomic mass is 19.4. The van der Waals surface area contributed by atoms with Crippen molar-refractivity contribution in [2.75, 3.05) is 11.6 Å². The van der Waals surface area contributed by atoms with Crippen LogP contribution in [-0.4, -0.2) is 35.5 Å². The number of likely N-dealkylation sites (tertiary alicyclic amines) is 1. The number of aryl methyl sites for hydroxylation is 1. The van der Waals surface area contributed by atoms with Crippen LogP contribution in [0, 0.1) is 35.5 Å². The van der Waals surface area contributed by atoms with Gasteiger partial charge in [0.25, 0.3) is 0 Å². The van der Waals surface area contributed by atoms with E-state index in [4.69, 9.17) is 0 Å². The smallest absolute Gasteiger partial charge is 0.286 e. The van der Waals surface area contributed by atoms with Crippen molar-refractivity contribution >= 4 is 23.4 Å². The van der Waals surface area contributed by atoms with Crippen LogP contribution in [0.1, 0.15) is 18.9 Å². The van der Waals surface area contributed by atoms with Crippen LogP contribution >= 0.6 is 0 Å². The molecule has 158 valence electrons. The monoisotopic (exact) mass is 418 g/mol. The number of carbonyl (C=O) groups excluding carboxylic acids is 3. The maximum Gasteiger partial charge on any atom is 0.471 e. The second-order valence-corrected chi connectivity index (χ2v) is 8.61. The zero-order chi connectivity index (χ0) is 21.4. The van der Waals surface area contributed by atoms with Crippen LogP contribution in [0.25, 0.3) is 0 Å². The molecule has 0 aromatic heterocycles. The lowest BCUT2D eigenvalue weighted by Crippen LogP contribution is -2.49. The van der Waals surface area contributed by atoms with E-state index in [1.807, 2.05) is 12.2 Å². The quantitative estimate of drug-likeness (QED) is 0.558. The number of rotatable bonds is 4. The standard InChI is InChI=1S/C22H21F3N2O3/c1-2-11-5-3-4-6-16(11)26(21(30)22(23,24)25)10-27-19(28)17-12-7-8-13(15-9-14(12)15)18(17)20(27)29/h3-8,12-15,17-18H,2,9-10H2,1H3/t12-,13-,14-,15-,17-,18+/m1/s1. The van der Waals surface area contributed by atoms with Crippen molar-refractivity contribution in [3.05, 3.63) is 42.0 Å². The molecule has 6 atom stereocenters. The first-order chi connectivity index (χ1) is 14.2. The van der Waals surface area contributed by atoms with Crippen molar-refractivity contribution < 1.29 is 27.6 Å². The molecule has 2 saturated carbocycles. The molecule has 3 amide bonds. The van der Waals surface area contributed by atoms with E-state index in [9.17, 15) is 27.6 Å². The third-order valence-electron chi connectivity index (χ3n) is 7.19. The van der Waals surface area contributed by atoms with Gasteiger partial charge in [-0.15, -0.1) is 0 Å². The first-order valence-corrected chi connectivity index (χ1v) is 10.2. The molecular weight excluding hydrogens is 397 g/mol. The SMILES string of the molecule is CCc1ccccc1N(CN1C(=O)[C@@H]2[C@@H]3C=C[C@H]([C@H]4C[C@H]34)[C@@H]2C1=O)C(=O)C(F)(F)F. The maximum atomic E-state index is 13.4. The van der Waals surface area contributed by atoms with Crippen molar-refractivity contribution in [3.8, 4) is 0 Å². The van der Waals surface area contributed by atoms with E-state index in [0.29, 0.717) is 28.7 Å². The third kappa shape index (κ3) is 2.65. The molecule has 8 heteroatoms. The van der Waals surface area contributed by atoms with Gasteiger partial charge >= 0.3 is 12.1 Å². The Morgan fingerprint density at radius 2 is 1.63 bits per heavy atom. The highest BCUT2D eigenvalue weighted by Crippen LogP contribution is 2.65. The fourth-order valence-electron chi connectivity index (χ4n) is 5.78. The second kappa shape index (κ2) is 6.43. The van der Waals surface area contributed by atoms with Crippen LogP contribution in [-0.2, 0) is 20.8 Å². The van der Waals surface area contributed by atoms with Crippen molar-refractivity contribution in [1.29, 1.82) is 0 Å². The summed E-state index contributed by atoms with van der Waals surface area (Å²) >= 11 is 0. The molecular formula is C22H21F3N2O3. The molecule has 1 aromatic rings. The van der Waals surface area contributed by atoms with Gasteiger partial charge in [-0.2, -0.15) is 13.2 Å². The Hall–Kier alpha value is -2.64.